The molecule has 22 heavy (non-hydrogen) atoms. The lowest BCUT2D eigenvalue weighted by atomic mass is 10.2. The van der Waals surface area contributed by atoms with E-state index in [0.29, 0.717) is 6.42 Å². The maximum atomic E-state index is 12.5. The van der Waals surface area contributed by atoms with Gasteiger partial charge in [-0.15, -0.1) is 16.4 Å². The van der Waals surface area contributed by atoms with Gasteiger partial charge >= 0.3 is 0 Å². The van der Waals surface area contributed by atoms with Gasteiger partial charge < -0.3 is 4.90 Å². The highest BCUT2D eigenvalue weighted by atomic mass is 32.2. The lowest BCUT2D eigenvalue weighted by Crippen LogP contribution is -2.30. The van der Waals surface area contributed by atoms with Crippen molar-refractivity contribution in [3.05, 3.63) is 27.7 Å². The number of H-pyrrole nitrogens is 1. The molecule has 0 bridgehead atoms. The van der Waals surface area contributed by atoms with Gasteiger partial charge in [-0.1, -0.05) is 11.8 Å². The van der Waals surface area contributed by atoms with E-state index in [9.17, 15) is 4.79 Å². The van der Waals surface area contributed by atoms with Crippen LogP contribution in [0.1, 0.15) is 40.9 Å². The second-order valence-electron chi connectivity index (χ2n) is 5.50. The summed E-state index contributed by atoms with van der Waals surface area (Å²) in [7, 11) is 0. The predicted octanol–water partition coefficient (Wildman–Crippen LogP) is 3.33. The van der Waals surface area contributed by atoms with Gasteiger partial charge in [0.25, 0.3) is 0 Å². The van der Waals surface area contributed by atoms with Crippen LogP contribution >= 0.6 is 23.1 Å². The number of thioether (sulfide) groups is 1. The molecule has 0 spiro atoms. The summed E-state index contributed by atoms with van der Waals surface area (Å²) in [6.07, 6.45) is 2.72. The van der Waals surface area contributed by atoms with Crippen LogP contribution < -0.4 is 0 Å². The summed E-state index contributed by atoms with van der Waals surface area (Å²) in [5.41, 5.74) is 0. The Morgan fingerprint density at radius 1 is 1.50 bits per heavy atom. The van der Waals surface area contributed by atoms with Crippen molar-refractivity contribution in [1.29, 1.82) is 0 Å². The number of thiophene rings is 1. The number of aromatic amines is 1. The van der Waals surface area contributed by atoms with Crippen molar-refractivity contribution in [2.75, 3.05) is 12.3 Å². The predicted molar refractivity (Wildman–Crippen MR) is 89.2 cm³/mol. The van der Waals surface area contributed by atoms with E-state index >= 15 is 0 Å². The molecule has 0 aliphatic carbocycles. The van der Waals surface area contributed by atoms with E-state index in [1.54, 1.807) is 11.3 Å². The van der Waals surface area contributed by atoms with Crippen LogP contribution in [0.4, 0.5) is 0 Å². The summed E-state index contributed by atoms with van der Waals surface area (Å²) in [6.45, 7) is 4.87. The van der Waals surface area contributed by atoms with Crippen LogP contribution in [0.2, 0.25) is 0 Å². The van der Waals surface area contributed by atoms with Crippen LogP contribution in [0.25, 0.3) is 0 Å². The average molecular weight is 336 g/mol. The van der Waals surface area contributed by atoms with Gasteiger partial charge in [0.2, 0.25) is 11.1 Å². The fraction of sp³-hybridized carbons (Fsp3) is 0.533. The van der Waals surface area contributed by atoms with Crippen molar-refractivity contribution in [1.82, 2.24) is 20.1 Å². The molecule has 1 aliphatic rings. The third kappa shape index (κ3) is 3.52. The molecule has 1 saturated heterocycles. The van der Waals surface area contributed by atoms with Gasteiger partial charge in [0.05, 0.1) is 6.04 Å². The lowest BCUT2D eigenvalue weighted by molar-refractivity contribution is -0.131. The monoisotopic (exact) mass is 336 g/mol. The number of carbonyl (C=O) groups excluding carboxylic acids is 1. The summed E-state index contributed by atoms with van der Waals surface area (Å²) in [4.78, 5) is 21.4. The van der Waals surface area contributed by atoms with Gasteiger partial charge in [-0.05, 0) is 38.8 Å². The van der Waals surface area contributed by atoms with Gasteiger partial charge in [0.15, 0.2) is 0 Å². The van der Waals surface area contributed by atoms with Crippen molar-refractivity contribution in [2.24, 2.45) is 0 Å². The van der Waals surface area contributed by atoms with Crippen LogP contribution in [-0.4, -0.2) is 38.3 Å². The number of carbonyl (C=O) groups is 1. The minimum Gasteiger partial charge on any atom is -0.335 e. The molecule has 0 radical (unpaired) electrons. The number of rotatable bonds is 5. The van der Waals surface area contributed by atoms with Crippen molar-refractivity contribution in [3.8, 4) is 0 Å². The fourth-order valence-electron chi connectivity index (χ4n) is 2.75. The van der Waals surface area contributed by atoms with Gasteiger partial charge in [0, 0.05) is 28.5 Å². The lowest BCUT2D eigenvalue weighted by Gasteiger charge is -2.23. The van der Waals surface area contributed by atoms with E-state index < -0.39 is 0 Å². The second-order valence-corrected chi connectivity index (χ2v) is 7.88. The Morgan fingerprint density at radius 2 is 2.36 bits per heavy atom. The van der Waals surface area contributed by atoms with E-state index in [-0.39, 0.29) is 11.9 Å². The molecule has 0 saturated carbocycles. The summed E-state index contributed by atoms with van der Waals surface area (Å²) < 4.78 is 0. The molecule has 2 aromatic heterocycles. The Bertz CT molecular complexity index is 652. The van der Waals surface area contributed by atoms with Crippen LogP contribution in [0, 0.1) is 13.8 Å². The van der Waals surface area contributed by atoms with Gasteiger partial charge in [-0.25, -0.2) is 4.98 Å². The van der Waals surface area contributed by atoms with Gasteiger partial charge in [-0.3, -0.25) is 9.89 Å². The van der Waals surface area contributed by atoms with Crippen molar-refractivity contribution in [3.63, 3.8) is 0 Å². The first-order chi connectivity index (χ1) is 10.6. The first-order valence-corrected chi connectivity index (χ1v) is 9.31. The molecule has 2 aromatic rings. The topological polar surface area (TPSA) is 61.9 Å². The molecular formula is C15H20N4OS2. The van der Waals surface area contributed by atoms with Crippen LogP contribution in [0.3, 0.4) is 0 Å². The molecule has 1 unspecified atom stereocenters. The van der Waals surface area contributed by atoms with Gasteiger partial charge in [-0.2, -0.15) is 0 Å². The normalized spacial score (nSPS) is 18.1. The van der Waals surface area contributed by atoms with Crippen molar-refractivity contribution >= 4 is 29.0 Å². The number of aryl methyl sites for hydroxylation is 2. The Kier molecular flexibility index (Phi) is 4.83. The second kappa shape index (κ2) is 6.83. The molecule has 1 fully saturated rings. The van der Waals surface area contributed by atoms with Crippen LogP contribution in [0.5, 0.6) is 0 Å². The van der Waals surface area contributed by atoms with E-state index in [4.69, 9.17) is 0 Å². The maximum absolute atomic E-state index is 12.5. The van der Waals surface area contributed by atoms with Gasteiger partial charge in [0.1, 0.15) is 5.82 Å². The zero-order valence-corrected chi connectivity index (χ0v) is 14.5. The van der Waals surface area contributed by atoms with E-state index in [2.05, 4.69) is 39.1 Å². The number of hydrogen-bond donors (Lipinski definition) is 1. The summed E-state index contributed by atoms with van der Waals surface area (Å²) in [6, 6.07) is 4.59. The standard InChI is InChI=1S/C15H20N4OS2/c1-10-5-6-13(22-10)12-4-3-8-19(12)14(20)7-9-21-15-16-11(2)17-18-15/h5-6,12H,3-4,7-9H2,1-2H3,(H,16,17,18). The van der Waals surface area contributed by atoms with E-state index in [1.165, 1.54) is 21.5 Å². The minimum atomic E-state index is 0.244. The SMILES string of the molecule is Cc1nc(SCCC(=O)N2CCCC2c2ccc(C)s2)n[nH]1. The molecule has 3 heterocycles. The highest BCUT2D eigenvalue weighted by Crippen LogP contribution is 2.36. The van der Waals surface area contributed by atoms with E-state index in [1.807, 2.05) is 6.92 Å². The number of nitrogens with one attached hydrogen (secondary N) is 1. The largest absolute Gasteiger partial charge is 0.335 e. The molecule has 0 aromatic carbocycles. The number of hydrogen-bond acceptors (Lipinski definition) is 5. The fourth-order valence-corrected chi connectivity index (χ4v) is 4.55. The molecule has 1 N–H and O–H groups in total. The molecular weight excluding hydrogens is 316 g/mol. The number of likely N-dealkylation sites (tertiary alicyclic amines) is 1. The Morgan fingerprint density at radius 3 is 3.05 bits per heavy atom. The average Bonchev–Trinajstić information content (AvgIpc) is 3.19. The molecule has 118 valence electrons. The highest BCUT2D eigenvalue weighted by Gasteiger charge is 2.30. The molecule has 1 aliphatic heterocycles. The number of nitrogens with zero attached hydrogens (tertiary/aromatic N) is 3. The molecule has 7 heteroatoms. The maximum Gasteiger partial charge on any atom is 0.223 e. The summed E-state index contributed by atoms with van der Waals surface area (Å²) in [5.74, 6) is 1.78. The molecule has 5 nitrogen and oxygen atoms in total. The smallest absolute Gasteiger partial charge is 0.223 e. The first kappa shape index (κ1) is 15.6. The zero-order valence-electron chi connectivity index (χ0n) is 12.8. The quantitative estimate of drug-likeness (QED) is 0.851. The Balaban J connectivity index is 1.54. The number of amides is 1. The molecule has 1 amide bonds. The number of aromatic nitrogens is 3. The molecule has 3 rings (SSSR count). The minimum absolute atomic E-state index is 0.244. The first-order valence-electron chi connectivity index (χ1n) is 7.51. The Labute approximate surface area is 138 Å². The van der Waals surface area contributed by atoms with Crippen LogP contribution in [0.15, 0.2) is 17.3 Å². The Hall–Kier alpha value is -1.34. The third-order valence-electron chi connectivity index (χ3n) is 3.79. The zero-order chi connectivity index (χ0) is 15.5. The molecule has 1 atom stereocenters. The van der Waals surface area contributed by atoms with Crippen molar-refractivity contribution < 1.29 is 4.79 Å². The summed E-state index contributed by atoms with van der Waals surface area (Å²) >= 11 is 3.34. The van der Waals surface area contributed by atoms with E-state index in [0.717, 1.165) is 36.1 Å². The summed E-state index contributed by atoms with van der Waals surface area (Å²) in [5, 5.41) is 7.62. The van der Waals surface area contributed by atoms with Crippen molar-refractivity contribution in [2.45, 2.75) is 44.3 Å². The van der Waals surface area contributed by atoms with Crippen LogP contribution in [-0.2, 0) is 4.79 Å². The highest BCUT2D eigenvalue weighted by molar-refractivity contribution is 7.99. The third-order valence-corrected chi connectivity index (χ3v) is 5.74.